The van der Waals surface area contributed by atoms with Crippen LogP contribution in [-0.2, 0) is 7.05 Å². The van der Waals surface area contributed by atoms with E-state index in [2.05, 4.69) is 20.9 Å². The molecule has 0 atom stereocenters. The van der Waals surface area contributed by atoms with Crippen LogP contribution < -0.4 is 0 Å². The number of aryl methyl sites for hydroxylation is 2. The van der Waals surface area contributed by atoms with Crippen molar-refractivity contribution in [2.24, 2.45) is 7.05 Å². The van der Waals surface area contributed by atoms with Crippen molar-refractivity contribution in [3.8, 4) is 0 Å². The zero-order chi connectivity index (χ0) is 11.7. The lowest BCUT2D eigenvalue weighted by Crippen LogP contribution is -2.09. The normalized spacial score (nSPS) is 10.4. The molecule has 0 aliphatic carbocycles. The summed E-state index contributed by atoms with van der Waals surface area (Å²) in [5.41, 5.74) is 1.75. The maximum absolute atomic E-state index is 12.1. The maximum atomic E-state index is 12.1. The predicted octanol–water partition coefficient (Wildman–Crippen LogP) is 2.72. The Balaban J connectivity index is 2.46. The smallest absolute Gasteiger partial charge is 0.229 e. The van der Waals surface area contributed by atoms with E-state index in [0.717, 1.165) is 10.0 Å². The highest BCUT2D eigenvalue weighted by Crippen LogP contribution is 2.20. The number of halogens is 1. The number of carbonyl (C=O) groups is 1. The fraction of sp³-hybridized carbons (Fsp3) is 0.167. The predicted molar refractivity (Wildman–Crippen MR) is 65.5 cm³/mol. The summed E-state index contributed by atoms with van der Waals surface area (Å²) in [6, 6.07) is 5.66. The van der Waals surface area contributed by atoms with Gasteiger partial charge < -0.3 is 4.57 Å². The molecule has 1 aromatic heterocycles. The Labute approximate surface area is 102 Å². The van der Waals surface area contributed by atoms with Gasteiger partial charge in [-0.3, -0.25) is 4.79 Å². The molecule has 0 fully saturated rings. The number of nitrogens with zero attached hydrogens (tertiary/aromatic N) is 2. The van der Waals surface area contributed by atoms with Crippen LogP contribution in [0.3, 0.4) is 0 Å². The third kappa shape index (κ3) is 1.93. The third-order valence-electron chi connectivity index (χ3n) is 2.39. The minimum atomic E-state index is -0.0700. The lowest BCUT2D eigenvalue weighted by molar-refractivity contribution is 0.102. The van der Waals surface area contributed by atoms with E-state index in [-0.39, 0.29) is 5.78 Å². The fourth-order valence-electron chi connectivity index (χ4n) is 1.51. The number of imidazole rings is 1. The minimum Gasteiger partial charge on any atom is -0.331 e. The van der Waals surface area contributed by atoms with Crippen molar-refractivity contribution < 1.29 is 4.79 Å². The molecule has 0 aliphatic heterocycles. The molecule has 1 aromatic carbocycles. The van der Waals surface area contributed by atoms with E-state index in [1.54, 1.807) is 17.0 Å². The first kappa shape index (κ1) is 11.1. The summed E-state index contributed by atoms with van der Waals surface area (Å²) in [6.07, 6.45) is 3.38. The van der Waals surface area contributed by atoms with Crippen LogP contribution in [-0.4, -0.2) is 15.3 Å². The minimum absolute atomic E-state index is 0.0700. The summed E-state index contributed by atoms with van der Waals surface area (Å²) < 4.78 is 2.52. The highest BCUT2D eigenvalue weighted by molar-refractivity contribution is 9.10. The Morgan fingerprint density at radius 2 is 2.19 bits per heavy atom. The van der Waals surface area contributed by atoms with Crippen LogP contribution in [0.1, 0.15) is 21.7 Å². The van der Waals surface area contributed by atoms with Crippen molar-refractivity contribution in [2.45, 2.75) is 6.92 Å². The van der Waals surface area contributed by atoms with Gasteiger partial charge in [-0.2, -0.15) is 0 Å². The molecule has 2 rings (SSSR count). The topological polar surface area (TPSA) is 34.9 Å². The number of aromatic nitrogens is 2. The molecule has 0 aliphatic rings. The lowest BCUT2D eigenvalue weighted by atomic mass is 10.1. The van der Waals surface area contributed by atoms with Crippen molar-refractivity contribution in [1.82, 2.24) is 9.55 Å². The molecule has 0 radical (unpaired) electrons. The highest BCUT2D eigenvalue weighted by atomic mass is 79.9. The first-order valence-electron chi connectivity index (χ1n) is 4.88. The van der Waals surface area contributed by atoms with Crippen LogP contribution in [0.2, 0.25) is 0 Å². The molecule has 0 unspecified atom stereocenters. The standard InChI is InChI=1S/C12H11BrN2O/c1-8-3-4-9(10(13)7-8)11(16)12-14-5-6-15(12)2/h3-7H,1-2H3. The van der Waals surface area contributed by atoms with E-state index in [0.29, 0.717) is 11.4 Å². The Morgan fingerprint density at radius 3 is 2.75 bits per heavy atom. The van der Waals surface area contributed by atoms with Crippen LogP contribution in [0.25, 0.3) is 0 Å². The van der Waals surface area contributed by atoms with Gasteiger partial charge in [0.2, 0.25) is 5.78 Å². The molecular weight excluding hydrogens is 268 g/mol. The molecule has 0 amide bonds. The molecule has 3 nitrogen and oxygen atoms in total. The Hall–Kier alpha value is -1.42. The Bertz CT molecular complexity index is 546. The van der Waals surface area contributed by atoms with Crippen LogP contribution >= 0.6 is 15.9 Å². The van der Waals surface area contributed by atoms with Gasteiger partial charge >= 0.3 is 0 Å². The lowest BCUT2D eigenvalue weighted by Gasteiger charge is -2.04. The molecule has 0 saturated carbocycles. The molecule has 82 valence electrons. The van der Waals surface area contributed by atoms with Gasteiger partial charge in [-0.1, -0.05) is 22.0 Å². The molecule has 0 N–H and O–H groups in total. The molecule has 16 heavy (non-hydrogen) atoms. The monoisotopic (exact) mass is 278 g/mol. The number of hydrogen-bond donors (Lipinski definition) is 0. The van der Waals surface area contributed by atoms with Gasteiger partial charge in [-0.15, -0.1) is 0 Å². The zero-order valence-corrected chi connectivity index (χ0v) is 10.7. The van der Waals surface area contributed by atoms with Gasteiger partial charge in [0.15, 0.2) is 5.82 Å². The van der Waals surface area contributed by atoms with E-state index < -0.39 is 0 Å². The fourth-order valence-corrected chi connectivity index (χ4v) is 2.18. The summed E-state index contributed by atoms with van der Waals surface area (Å²) in [5, 5.41) is 0. The molecule has 0 saturated heterocycles. The SMILES string of the molecule is Cc1ccc(C(=O)c2nccn2C)c(Br)c1. The van der Waals surface area contributed by atoms with Gasteiger partial charge in [-0.25, -0.2) is 4.98 Å². The van der Waals surface area contributed by atoms with Crippen LogP contribution in [0.15, 0.2) is 35.1 Å². The average Bonchev–Trinajstić information content (AvgIpc) is 2.63. The quantitative estimate of drug-likeness (QED) is 0.792. The summed E-state index contributed by atoms with van der Waals surface area (Å²) in [7, 11) is 1.81. The molecule has 0 spiro atoms. The summed E-state index contributed by atoms with van der Waals surface area (Å²) in [5.74, 6) is 0.379. The van der Waals surface area contributed by atoms with E-state index >= 15 is 0 Å². The van der Waals surface area contributed by atoms with Crippen molar-refractivity contribution in [3.05, 3.63) is 52.0 Å². The average molecular weight is 279 g/mol. The van der Waals surface area contributed by atoms with Gasteiger partial charge in [-0.05, 0) is 24.6 Å². The highest BCUT2D eigenvalue weighted by Gasteiger charge is 2.16. The number of benzene rings is 1. The van der Waals surface area contributed by atoms with Crippen molar-refractivity contribution >= 4 is 21.7 Å². The van der Waals surface area contributed by atoms with Crippen LogP contribution in [0.4, 0.5) is 0 Å². The summed E-state index contributed by atoms with van der Waals surface area (Å²) in [4.78, 5) is 16.2. The Kier molecular flexibility index (Phi) is 2.92. The first-order chi connectivity index (χ1) is 7.59. The van der Waals surface area contributed by atoms with Gasteiger partial charge in [0, 0.05) is 29.5 Å². The summed E-state index contributed by atoms with van der Waals surface area (Å²) >= 11 is 3.40. The molecule has 2 aromatic rings. The molecule has 4 heteroatoms. The second-order valence-electron chi connectivity index (χ2n) is 3.67. The molecular formula is C12H11BrN2O. The van der Waals surface area contributed by atoms with Crippen molar-refractivity contribution in [2.75, 3.05) is 0 Å². The number of carbonyl (C=O) groups excluding carboxylic acids is 1. The van der Waals surface area contributed by atoms with E-state index in [9.17, 15) is 4.79 Å². The van der Waals surface area contributed by atoms with E-state index in [1.807, 2.05) is 32.2 Å². The largest absolute Gasteiger partial charge is 0.331 e. The molecule has 1 heterocycles. The van der Waals surface area contributed by atoms with Gasteiger partial charge in [0.1, 0.15) is 0 Å². The summed E-state index contributed by atoms with van der Waals surface area (Å²) in [6.45, 7) is 1.99. The van der Waals surface area contributed by atoms with Crippen LogP contribution in [0, 0.1) is 6.92 Å². The number of hydrogen-bond acceptors (Lipinski definition) is 2. The van der Waals surface area contributed by atoms with Gasteiger partial charge in [0.25, 0.3) is 0 Å². The number of ketones is 1. The zero-order valence-electron chi connectivity index (χ0n) is 9.07. The number of rotatable bonds is 2. The first-order valence-corrected chi connectivity index (χ1v) is 5.67. The van der Waals surface area contributed by atoms with Crippen LogP contribution in [0.5, 0.6) is 0 Å². The van der Waals surface area contributed by atoms with E-state index in [4.69, 9.17) is 0 Å². The Morgan fingerprint density at radius 1 is 1.44 bits per heavy atom. The van der Waals surface area contributed by atoms with E-state index in [1.165, 1.54) is 0 Å². The molecule has 0 bridgehead atoms. The van der Waals surface area contributed by atoms with Gasteiger partial charge in [0.05, 0.1) is 0 Å². The second-order valence-corrected chi connectivity index (χ2v) is 4.53. The van der Waals surface area contributed by atoms with Crippen molar-refractivity contribution in [1.29, 1.82) is 0 Å². The van der Waals surface area contributed by atoms with Crippen molar-refractivity contribution in [3.63, 3.8) is 0 Å². The maximum Gasteiger partial charge on any atom is 0.229 e. The third-order valence-corrected chi connectivity index (χ3v) is 3.05. The second kappa shape index (κ2) is 4.22.